The minimum atomic E-state index is -4.63. The van der Waals surface area contributed by atoms with Gasteiger partial charge in [0, 0.05) is 18.3 Å². The Morgan fingerprint density at radius 2 is 2.13 bits per heavy atom. The van der Waals surface area contributed by atoms with Gasteiger partial charge in [-0.2, -0.15) is 18.4 Å². The van der Waals surface area contributed by atoms with E-state index in [1.165, 1.54) is 19.2 Å². The Bertz CT molecular complexity index is 726. The number of nitriles is 1. The highest BCUT2D eigenvalue weighted by molar-refractivity contribution is 7.89. The SMILES string of the molecule is CNS(=O)(=O)C[C@H]1CCCN1c1ccc(C#N)c(C(F)(F)F)c1. The van der Waals surface area contributed by atoms with Gasteiger partial charge in [0.15, 0.2) is 0 Å². The number of hydrogen-bond acceptors (Lipinski definition) is 4. The molecule has 0 aliphatic carbocycles. The number of sulfonamides is 1. The van der Waals surface area contributed by atoms with Gasteiger partial charge < -0.3 is 4.90 Å². The average molecular weight is 347 g/mol. The lowest BCUT2D eigenvalue weighted by Crippen LogP contribution is -2.38. The van der Waals surface area contributed by atoms with Crippen molar-refractivity contribution in [1.82, 2.24) is 4.72 Å². The fourth-order valence-corrected chi connectivity index (χ4v) is 3.75. The number of benzene rings is 1. The molecule has 1 fully saturated rings. The first-order valence-electron chi connectivity index (χ1n) is 6.97. The molecule has 1 saturated heterocycles. The summed E-state index contributed by atoms with van der Waals surface area (Å²) in [7, 11) is -2.16. The molecule has 0 radical (unpaired) electrons. The van der Waals surface area contributed by atoms with E-state index in [4.69, 9.17) is 5.26 Å². The molecule has 1 aliphatic heterocycles. The molecule has 0 saturated carbocycles. The molecule has 1 N–H and O–H groups in total. The van der Waals surface area contributed by atoms with Crippen LogP contribution in [0.4, 0.5) is 18.9 Å². The topological polar surface area (TPSA) is 73.2 Å². The van der Waals surface area contributed by atoms with Gasteiger partial charge in [0.2, 0.25) is 10.0 Å². The van der Waals surface area contributed by atoms with Crippen LogP contribution in [-0.2, 0) is 16.2 Å². The molecule has 9 heteroatoms. The van der Waals surface area contributed by atoms with E-state index in [1.807, 2.05) is 0 Å². The van der Waals surface area contributed by atoms with Crippen LogP contribution in [0, 0.1) is 11.3 Å². The molecule has 2 rings (SSSR count). The summed E-state index contributed by atoms with van der Waals surface area (Å²) in [6, 6.07) is 4.62. The van der Waals surface area contributed by atoms with Gasteiger partial charge in [0.1, 0.15) is 0 Å². The van der Waals surface area contributed by atoms with Crippen LogP contribution in [0.5, 0.6) is 0 Å². The molecular weight excluding hydrogens is 331 g/mol. The standard InChI is InChI=1S/C14H16F3N3O2S/c1-19-23(21,22)9-12-3-2-6-20(12)11-5-4-10(8-18)13(7-11)14(15,16)17/h4-5,7,12,19H,2-3,6,9H2,1H3/t12-/m1/s1. The van der Waals surface area contributed by atoms with Crippen LogP contribution < -0.4 is 9.62 Å². The fourth-order valence-electron chi connectivity index (χ4n) is 2.73. The number of rotatable bonds is 4. The van der Waals surface area contributed by atoms with Crippen molar-refractivity contribution in [2.75, 3.05) is 24.2 Å². The second-order valence-corrected chi connectivity index (χ2v) is 7.29. The molecule has 0 amide bonds. The summed E-state index contributed by atoms with van der Waals surface area (Å²) in [4.78, 5) is 1.66. The summed E-state index contributed by atoms with van der Waals surface area (Å²) >= 11 is 0. The summed E-state index contributed by atoms with van der Waals surface area (Å²) in [5.74, 6) is -0.176. The van der Waals surface area contributed by atoms with E-state index in [0.717, 1.165) is 12.1 Å². The molecule has 0 bridgehead atoms. The Kier molecular flexibility index (Phi) is 4.87. The van der Waals surface area contributed by atoms with Gasteiger partial charge in [0.05, 0.1) is 22.9 Å². The van der Waals surface area contributed by atoms with Crippen molar-refractivity contribution in [2.45, 2.75) is 25.1 Å². The molecule has 1 heterocycles. The van der Waals surface area contributed by atoms with Crippen LogP contribution in [0.1, 0.15) is 24.0 Å². The Morgan fingerprint density at radius 1 is 1.43 bits per heavy atom. The monoisotopic (exact) mass is 347 g/mol. The predicted molar refractivity (Wildman–Crippen MR) is 79.4 cm³/mol. The van der Waals surface area contributed by atoms with Crippen molar-refractivity contribution in [2.24, 2.45) is 0 Å². The Hall–Kier alpha value is -1.79. The van der Waals surface area contributed by atoms with Crippen molar-refractivity contribution < 1.29 is 21.6 Å². The smallest absolute Gasteiger partial charge is 0.367 e. The molecule has 1 aromatic rings. The van der Waals surface area contributed by atoms with E-state index >= 15 is 0 Å². The first-order chi connectivity index (χ1) is 10.7. The molecule has 1 aromatic carbocycles. The van der Waals surface area contributed by atoms with E-state index in [9.17, 15) is 21.6 Å². The number of nitrogens with one attached hydrogen (secondary N) is 1. The van der Waals surface area contributed by atoms with E-state index in [2.05, 4.69) is 4.72 Å². The van der Waals surface area contributed by atoms with Crippen LogP contribution in [0.3, 0.4) is 0 Å². The van der Waals surface area contributed by atoms with Crippen molar-refractivity contribution >= 4 is 15.7 Å². The van der Waals surface area contributed by atoms with E-state index < -0.39 is 27.3 Å². The number of hydrogen-bond donors (Lipinski definition) is 1. The lowest BCUT2D eigenvalue weighted by Gasteiger charge is -2.27. The zero-order valence-corrected chi connectivity index (χ0v) is 13.2. The third-order valence-electron chi connectivity index (χ3n) is 3.86. The zero-order chi connectivity index (χ0) is 17.3. The van der Waals surface area contributed by atoms with Crippen LogP contribution in [-0.4, -0.2) is 33.8 Å². The fraction of sp³-hybridized carbons (Fsp3) is 0.500. The van der Waals surface area contributed by atoms with Gasteiger partial charge in [-0.3, -0.25) is 0 Å². The zero-order valence-electron chi connectivity index (χ0n) is 12.4. The maximum Gasteiger partial charge on any atom is 0.417 e. The maximum absolute atomic E-state index is 13.0. The number of anilines is 1. The van der Waals surface area contributed by atoms with Gasteiger partial charge >= 0.3 is 6.18 Å². The number of halogens is 3. The minimum absolute atomic E-state index is 0.176. The van der Waals surface area contributed by atoms with Gasteiger partial charge in [-0.1, -0.05) is 0 Å². The Morgan fingerprint density at radius 3 is 2.70 bits per heavy atom. The maximum atomic E-state index is 13.0. The highest BCUT2D eigenvalue weighted by Crippen LogP contribution is 2.36. The van der Waals surface area contributed by atoms with Crippen molar-refractivity contribution in [3.8, 4) is 6.07 Å². The average Bonchev–Trinajstić information content (AvgIpc) is 2.93. The van der Waals surface area contributed by atoms with Crippen LogP contribution in [0.2, 0.25) is 0 Å². The summed E-state index contributed by atoms with van der Waals surface area (Å²) < 4.78 is 64.8. The van der Waals surface area contributed by atoms with Crippen LogP contribution in [0.15, 0.2) is 18.2 Å². The number of alkyl halides is 3. The van der Waals surface area contributed by atoms with Crippen LogP contribution >= 0.6 is 0 Å². The molecule has 5 nitrogen and oxygen atoms in total. The van der Waals surface area contributed by atoms with E-state index in [0.29, 0.717) is 19.4 Å². The van der Waals surface area contributed by atoms with E-state index in [1.54, 1.807) is 4.90 Å². The highest BCUT2D eigenvalue weighted by atomic mass is 32.2. The van der Waals surface area contributed by atoms with Gasteiger partial charge in [0.25, 0.3) is 0 Å². The van der Waals surface area contributed by atoms with E-state index in [-0.39, 0.29) is 17.5 Å². The Balaban J connectivity index is 2.36. The first-order valence-corrected chi connectivity index (χ1v) is 8.62. The minimum Gasteiger partial charge on any atom is -0.367 e. The molecular formula is C14H16F3N3O2S. The lowest BCUT2D eigenvalue weighted by molar-refractivity contribution is -0.137. The normalized spacial score (nSPS) is 18.9. The van der Waals surface area contributed by atoms with Crippen molar-refractivity contribution in [1.29, 1.82) is 5.26 Å². The largest absolute Gasteiger partial charge is 0.417 e. The van der Waals surface area contributed by atoms with Crippen molar-refractivity contribution in [3.63, 3.8) is 0 Å². The van der Waals surface area contributed by atoms with Gasteiger partial charge in [-0.15, -0.1) is 0 Å². The summed E-state index contributed by atoms with van der Waals surface area (Å²) in [5, 5.41) is 8.82. The first kappa shape index (κ1) is 17.6. The third kappa shape index (κ3) is 3.95. The lowest BCUT2D eigenvalue weighted by atomic mass is 10.1. The summed E-state index contributed by atoms with van der Waals surface area (Å²) in [6.45, 7) is 0.479. The Labute approximate surface area is 132 Å². The molecule has 0 unspecified atom stereocenters. The molecule has 0 aromatic heterocycles. The third-order valence-corrected chi connectivity index (χ3v) is 5.31. The number of nitrogens with zero attached hydrogens (tertiary/aromatic N) is 2. The van der Waals surface area contributed by atoms with Gasteiger partial charge in [-0.05, 0) is 38.1 Å². The molecule has 1 atom stereocenters. The summed E-state index contributed by atoms with van der Waals surface area (Å²) in [6.07, 6.45) is -3.35. The molecule has 0 spiro atoms. The van der Waals surface area contributed by atoms with Crippen molar-refractivity contribution in [3.05, 3.63) is 29.3 Å². The second kappa shape index (κ2) is 6.37. The quantitative estimate of drug-likeness (QED) is 0.905. The molecule has 23 heavy (non-hydrogen) atoms. The molecule has 1 aliphatic rings. The van der Waals surface area contributed by atoms with Gasteiger partial charge in [-0.25, -0.2) is 13.1 Å². The predicted octanol–water partition coefficient (Wildman–Crippen LogP) is 2.10. The summed E-state index contributed by atoms with van der Waals surface area (Å²) in [5.41, 5.74) is -1.16. The van der Waals surface area contributed by atoms with Crippen LogP contribution in [0.25, 0.3) is 0 Å². The highest BCUT2D eigenvalue weighted by Gasteiger charge is 2.35. The molecule has 126 valence electrons. The second-order valence-electron chi connectivity index (χ2n) is 5.31.